The maximum Gasteiger partial charge on any atom is 0.222 e. The molecular weight excluding hydrogens is 242 g/mol. The number of aryl methyl sites for hydroxylation is 1. The molecule has 1 saturated carbocycles. The fourth-order valence-corrected chi connectivity index (χ4v) is 2.67. The van der Waals surface area contributed by atoms with Gasteiger partial charge in [-0.05, 0) is 19.8 Å². The van der Waals surface area contributed by atoms with E-state index in [4.69, 9.17) is 5.73 Å². The zero-order valence-electron chi connectivity index (χ0n) is 11.6. The second kappa shape index (κ2) is 6.14. The van der Waals surface area contributed by atoms with E-state index in [1.807, 2.05) is 11.5 Å². The standard InChI is InChI=1S/C13H23N5O/c1-2-18-10-16-17-11(18)9-15-12(19)8-13(14)6-4-3-5-7-13/h10H,2-9,14H2,1H3,(H,15,19). The highest BCUT2D eigenvalue weighted by Crippen LogP contribution is 2.28. The summed E-state index contributed by atoms with van der Waals surface area (Å²) in [6, 6.07) is 0. The third-order valence-electron chi connectivity index (χ3n) is 3.84. The van der Waals surface area contributed by atoms with Crippen molar-refractivity contribution in [2.75, 3.05) is 0 Å². The molecule has 0 saturated heterocycles. The van der Waals surface area contributed by atoms with Crippen LogP contribution in [0.1, 0.15) is 51.3 Å². The van der Waals surface area contributed by atoms with E-state index in [1.165, 1.54) is 6.42 Å². The molecule has 0 aliphatic heterocycles. The summed E-state index contributed by atoms with van der Waals surface area (Å²) in [6.07, 6.45) is 7.49. The van der Waals surface area contributed by atoms with Crippen molar-refractivity contribution in [1.29, 1.82) is 0 Å². The molecule has 1 aliphatic carbocycles. The minimum atomic E-state index is -0.305. The average molecular weight is 265 g/mol. The first kappa shape index (κ1) is 14.0. The molecule has 1 amide bonds. The predicted molar refractivity (Wildman–Crippen MR) is 72.2 cm³/mol. The zero-order valence-corrected chi connectivity index (χ0v) is 11.6. The first-order valence-electron chi connectivity index (χ1n) is 7.05. The Balaban J connectivity index is 1.81. The van der Waals surface area contributed by atoms with Crippen LogP contribution in [0, 0.1) is 0 Å². The van der Waals surface area contributed by atoms with Crippen LogP contribution in [0.2, 0.25) is 0 Å². The molecule has 3 N–H and O–H groups in total. The van der Waals surface area contributed by atoms with Crippen LogP contribution >= 0.6 is 0 Å². The first-order chi connectivity index (χ1) is 9.13. The minimum absolute atomic E-state index is 0.00931. The fourth-order valence-electron chi connectivity index (χ4n) is 2.67. The maximum atomic E-state index is 12.0. The number of nitrogens with two attached hydrogens (primary N) is 1. The smallest absolute Gasteiger partial charge is 0.222 e. The molecule has 0 aromatic carbocycles. The molecule has 0 spiro atoms. The van der Waals surface area contributed by atoms with Crippen LogP contribution in [0.25, 0.3) is 0 Å². The predicted octanol–water partition coefficient (Wildman–Crippen LogP) is 0.966. The van der Waals surface area contributed by atoms with Gasteiger partial charge in [0.15, 0.2) is 5.82 Å². The van der Waals surface area contributed by atoms with Crippen molar-refractivity contribution in [3.63, 3.8) is 0 Å². The van der Waals surface area contributed by atoms with Crippen molar-refractivity contribution < 1.29 is 4.79 Å². The van der Waals surface area contributed by atoms with Crippen molar-refractivity contribution in [2.24, 2.45) is 5.73 Å². The lowest BCUT2D eigenvalue weighted by atomic mass is 9.80. The van der Waals surface area contributed by atoms with E-state index in [1.54, 1.807) is 6.33 Å². The molecule has 1 aromatic heterocycles. The summed E-state index contributed by atoms with van der Waals surface area (Å²) >= 11 is 0. The Hall–Kier alpha value is -1.43. The molecule has 1 heterocycles. The molecular formula is C13H23N5O. The normalized spacial score (nSPS) is 18.2. The van der Waals surface area contributed by atoms with Gasteiger partial charge in [0, 0.05) is 18.5 Å². The molecule has 6 heteroatoms. The maximum absolute atomic E-state index is 12.0. The second-order valence-corrected chi connectivity index (χ2v) is 5.41. The van der Waals surface area contributed by atoms with Crippen LogP contribution in [0.4, 0.5) is 0 Å². The quantitative estimate of drug-likeness (QED) is 0.830. The molecule has 0 atom stereocenters. The summed E-state index contributed by atoms with van der Waals surface area (Å²) in [5.41, 5.74) is 5.97. The number of nitrogens with one attached hydrogen (secondary N) is 1. The van der Waals surface area contributed by atoms with Gasteiger partial charge in [-0.1, -0.05) is 19.3 Å². The number of rotatable bonds is 5. The second-order valence-electron chi connectivity index (χ2n) is 5.41. The highest BCUT2D eigenvalue weighted by Gasteiger charge is 2.29. The summed E-state index contributed by atoms with van der Waals surface area (Å²) in [5.74, 6) is 0.792. The number of nitrogens with zero attached hydrogens (tertiary/aromatic N) is 3. The molecule has 19 heavy (non-hydrogen) atoms. The third kappa shape index (κ3) is 3.76. The van der Waals surface area contributed by atoms with E-state index in [2.05, 4.69) is 15.5 Å². The fraction of sp³-hybridized carbons (Fsp3) is 0.769. The summed E-state index contributed by atoms with van der Waals surface area (Å²) in [5, 5.41) is 10.7. The van der Waals surface area contributed by atoms with Crippen LogP contribution in [-0.2, 0) is 17.9 Å². The monoisotopic (exact) mass is 265 g/mol. The van der Waals surface area contributed by atoms with Crippen molar-refractivity contribution >= 4 is 5.91 Å². The number of hydrogen-bond acceptors (Lipinski definition) is 4. The lowest BCUT2D eigenvalue weighted by molar-refractivity contribution is -0.122. The Labute approximate surface area is 113 Å². The van der Waals surface area contributed by atoms with E-state index >= 15 is 0 Å². The summed E-state index contributed by atoms with van der Waals surface area (Å²) < 4.78 is 1.92. The molecule has 1 aliphatic rings. The zero-order chi connectivity index (χ0) is 13.7. The van der Waals surface area contributed by atoms with Gasteiger partial charge in [-0.2, -0.15) is 0 Å². The Morgan fingerprint density at radius 1 is 1.47 bits per heavy atom. The number of hydrogen-bond donors (Lipinski definition) is 2. The summed E-state index contributed by atoms with van der Waals surface area (Å²) in [4.78, 5) is 12.0. The number of amides is 1. The van der Waals surface area contributed by atoms with Gasteiger partial charge >= 0.3 is 0 Å². The number of aromatic nitrogens is 3. The van der Waals surface area contributed by atoms with Gasteiger partial charge in [0.2, 0.25) is 5.91 Å². The highest BCUT2D eigenvalue weighted by atomic mass is 16.1. The van der Waals surface area contributed by atoms with Crippen molar-refractivity contribution in [2.45, 2.75) is 64.1 Å². The largest absolute Gasteiger partial charge is 0.349 e. The molecule has 0 unspecified atom stereocenters. The van der Waals surface area contributed by atoms with E-state index in [-0.39, 0.29) is 11.4 Å². The van der Waals surface area contributed by atoms with Crippen molar-refractivity contribution in [3.8, 4) is 0 Å². The number of carbonyl (C=O) groups is 1. The molecule has 1 aromatic rings. The van der Waals surface area contributed by atoms with Gasteiger partial charge in [0.1, 0.15) is 6.33 Å². The molecule has 2 rings (SSSR count). The van der Waals surface area contributed by atoms with Crippen molar-refractivity contribution in [1.82, 2.24) is 20.1 Å². The van der Waals surface area contributed by atoms with Gasteiger partial charge in [-0.3, -0.25) is 4.79 Å². The Bertz CT molecular complexity index is 422. The Kier molecular flexibility index (Phi) is 4.52. The van der Waals surface area contributed by atoms with Crippen LogP contribution in [0.5, 0.6) is 0 Å². The molecule has 106 valence electrons. The van der Waals surface area contributed by atoms with Crippen LogP contribution in [0.15, 0.2) is 6.33 Å². The SMILES string of the molecule is CCn1cnnc1CNC(=O)CC1(N)CCCCC1. The molecule has 1 fully saturated rings. The average Bonchev–Trinajstić information content (AvgIpc) is 2.84. The lowest BCUT2D eigenvalue weighted by Crippen LogP contribution is -2.46. The lowest BCUT2D eigenvalue weighted by Gasteiger charge is -2.32. The molecule has 0 bridgehead atoms. The van der Waals surface area contributed by atoms with E-state index in [0.29, 0.717) is 13.0 Å². The van der Waals surface area contributed by atoms with Crippen LogP contribution < -0.4 is 11.1 Å². The minimum Gasteiger partial charge on any atom is -0.349 e. The van der Waals surface area contributed by atoms with Crippen molar-refractivity contribution in [3.05, 3.63) is 12.2 Å². The summed E-state index contributed by atoms with van der Waals surface area (Å²) in [7, 11) is 0. The van der Waals surface area contributed by atoms with E-state index < -0.39 is 0 Å². The first-order valence-corrected chi connectivity index (χ1v) is 7.05. The number of carbonyl (C=O) groups excluding carboxylic acids is 1. The van der Waals surface area contributed by atoms with Gasteiger partial charge in [-0.25, -0.2) is 0 Å². The highest BCUT2D eigenvalue weighted by molar-refractivity contribution is 5.77. The Morgan fingerprint density at radius 2 is 2.21 bits per heavy atom. The van der Waals surface area contributed by atoms with E-state index in [0.717, 1.165) is 38.1 Å². The molecule has 6 nitrogen and oxygen atoms in total. The Morgan fingerprint density at radius 3 is 2.89 bits per heavy atom. The van der Waals surface area contributed by atoms with Gasteiger partial charge in [0.05, 0.1) is 6.54 Å². The summed E-state index contributed by atoms with van der Waals surface area (Å²) in [6.45, 7) is 3.24. The van der Waals surface area contributed by atoms with Gasteiger partial charge in [-0.15, -0.1) is 10.2 Å². The topological polar surface area (TPSA) is 85.8 Å². The van der Waals surface area contributed by atoms with Gasteiger partial charge in [0.25, 0.3) is 0 Å². The van der Waals surface area contributed by atoms with Crippen LogP contribution in [0.3, 0.4) is 0 Å². The third-order valence-corrected chi connectivity index (χ3v) is 3.84. The molecule has 0 radical (unpaired) electrons. The van der Waals surface area contributed by atoms with E-state index in [9.17, 15) is 4.79 Å². The van der Waals surface area contributed by atoms with Crippen LogP contribution in [-0.4, -0.2) is 26.2 Å². The van der Waals surface area contributed by atoms with Gasteiger partial charge < -0.3 is 15.6 Å².